The van der Waals surface area contributed by atoms with Gasteiger partial charge in [-0.25, -0.2) is 0 Å². The van der Waals surface area contributed by atoms with E-state index in [1.54, 1.807) is 0 Å². The lowest BCUT2D eigenvalue weighted by molar-refractivity contribution is 0.0349. The van der Waals surface area contributed by atoms with Crippen LogP contribution >= 0.6 is 12.2 Å². The number of para-hydroxylation sites is 1. The van der Waals surface area contributed by atoms with Crippen LogP contribution in [0.1, 0.15) is 29.2 Å². The second-order valence-corrected chi connectivity index (χ2v) is 8.73. The van der Waals surface area contributed by atoms with E-state index in [0.29, 0.717) is 0 Å². The van der Waals surface area contributed by atoms with Crippen molar-refractivity contribution < 1.29 is 4.74 Å². The highest BCUT2D eigenvalue weighted by atomic mass is 32.1. The number of nitrogens with zero attached hydrogens (tertiary/aromatic N) is 4. The van der Waals surface area contributed by atoms with Gasteiger partial charge in [0.15, 0.2) is 5.11 Å². The van der Waals surface area contributed by atoms with E-state index >= 15 is 0 Å². The van der Waals surface area contributed by atoms with Crippen molar-refractivity contribution in [2.45, 2.75) is 19.0 Å². The molecule has 2 fully saturated rings. The highest BCUT2D eigenvalue weighted by molar-refractivity contribution is 7.80. The Bertz CT molecular complexity index is 1050. The van der Waals surface area contributed by atoms with Crippen molar-refractivity contribution in [3.05, 3.63) is 83.9 Å². The molecule has 0 amide bonds. The maximum Gasteiger partial charge on any atom is 0.170 e. The third-order valence-corrected chi connectivity index (χ3v) is 6.73. The summed E-state index contributed by atoms with van der Waals surface area (Å²) in [6, 6.07) is 21.1. The molecule has 166 valence electrons. The van der Waals surface area contributed by atoms with Crippen LogP contribution < -0.4 is 5.32 Å². The van der Waals surface area contributed by atoms with Crippen molar-refractivity contribution in [2.24, 2.45) is 0 Å². The first kappa shape index (κ1) is 21.1. The Kier molecular flexibility index (Phi) is 6.21. The van der Waals surface area contributed by atoms with Gasteiger partial charge in [0.1, 0.15) is 0 Å². The van der Waals surface area contributed by atoms with Crippen molar-refractivity contribution in [2.75, 3.05) is 39.4 Å². The van der Waals surface area contributed by atoms with Crippen LogP contribution in [0.2, 0.25) is 0 Å². The second kappa shape index (κ2) is 9.40. The van der Waals surface area contributed by atoms with Gasteiger partial charge in [0.25, 0.3) is 0 Å². The van der Waals surface area contributed by atoms with Crippen molar-refractivity contribution in [3.8, 4) is 5.69 Å². The zero-order valence-corrected chi connectivity index (χ0v) is 19.2. The summed E-state index contributed by atoms with van der Waals surface area (Å²) < 4.78 is 7.87. The molecule has 1 N–H and O–H groups in total. The molecule has 5 rings (SSSR count). The number of benzene rings is 1. The van der Waals surface area contributed by atoms with Gasteiger partial charge >= 0.3 is 0 Å². The number of pyridine rings is 1. The van der Waals surface area contributed by atoms with Crippen LogP contribution in [-0.4, -0.2) is 63.9 Å². The number of morpholine rings is 1. The molecule has 2 aliphatic rings. The van der Waals surface area contributed by atoms with Crippen molar-refractivity contribution in [1.82, 2.24) is 24.7 Å². The summed E-state index contributed by atoms with van der Waals surface area (Å²) in [5.41, 5.74) is 4.60. The molecule has 2 atom stereocenters. The van der Waals surface area contributed by atoms with Gasteiger partial charge in [0.05, 0.1) is 31.0 Å². The summed E-state index contributed by atoms with van der Waals surface area (Å²) in [5.74, 6) is 0. The molecule has 2 aromatic heterocycles. The lowest BCUT2D eigenvalue weighted by atomic mass is 10.0. The summed E-state index contributed by atoms with van der Waals surface area (Å²) in [6.45, 7) is 7.53. The Morgan fingerprint density at radius 3 is 2.53 bits per heavy atom. The summed E-state index contributed by atoms with van der Waals surface area (Å²) in [4.78, 5) is 9.48. The van der Waals surface area contributed by atoms with Crippen LogP contribution in [0.5, 0.6) is 0 Å². The van der Waals surface area contributed by atoms with Gasteiger partial charge in [-0.2, -0.15) is 0 Å². The average molecular weight is 448 g/mol. The molecule has 2 saturated heterocycles. The topological polar surface area (TPSA) is 45.6 Å². The Morgan fingerprint density at radius 2 is 1.78 bits per heavy atom. The first-order valence-electron chi connectivity index (χ1n) is 11.2. The van der Waals surface area contributed by atoms with Gasteiger partial charge in [-0.3, -0.25) is 9.88 Å². The predicted octanol–water partition coefficient (Wildman–Crippen LogP) is 3.49. The van der Waals surface area contributed by atoms with E-state index in [1.165, 1.54) is 11.4 Å². The largest absolute Gasteiger partial charge is 0.379 e. The predicted molar refractivity (Wildman–Crippen MR) is 130 cm³/mol. The normalized spacial score (nSPS) is 21.7. The van der Waals surface area contributed by atoms with E-state index < -0.39 is 0 Å². The van der Waals surface area contributed by atoms with Gasteiger partial charge in [-0.05, 0) is 55.5 Å². The van der Waals surface area contributed by atoms with Crippen LogP contribution in [0.15, 0.2) is 66.9 Å². The molecule has 4 heterocycles. The number of thiocarbonyl (C=S) groups is 1. The Morgan fingerprint density at radius 1 is 1.00 bits per heavy atom. The molecular weight excluding hydrogens is 418 g/mol. The standard InChI is InChI=1S/C25H29N5OS/c1-19-10-11-22(30(19)20-7-3-2-4-8-20)24-23(21-9-5-6-12-26-21)27-25(32)29(24)14-13-28-15-17-31-18-16-28/h2-12,23-24H,13-18H2,1H3,(H,27,32). The number of rotatable bonds is 6. The Labute approximate surface area is 194 Å². The van der Waals surface area contributed by atoms with Crippen molar-refractivity contribution >= 4 is 17.3 Å². The summed E-state index contributed by atoms with van der Waals surface area (Å²) in [5, 5.41) is 4.37. The smallest absolute Gasteiger partial charge is 0.170 e. The maximum absolute atomic E-state index is 5.86. The number of aryl methyl sites for hydroxylation is 1. The van der Waals surface area contributed by atoms with E-state index in [9.17, 15) is 0 Å². The molecule has 2 aliphatic heterocycles. The highest BCUT2D eigenvalue weighted by Crippen LogP contribution is 2.40. The molecule has 6 nitrogen and oxygen atoms in total. The molecule has 3 aromatic rings. The molecule has 0 radical (unpaired) electrons. The first-order valence-corrected chi connectivity index (χ1v) is 11.6. The highest BCUT2D eigenvalue weighted by Gasteiger charge is 2.41. The minimum Gasteiger partial charge on any atom is -0.379 e. The SMILES string of the molecule is Cc1ccc(C2C(c3ccccn3)NC(=S)N2CCN2CCOCC2)n1-c1ccccc1. The van der Waals surface area contributed by atoms with E-state index in [4.69, 9.17) is 17.0 Å². The van der Waals surface area contributed by atoms with Crippen LogP contribution in [-0.2, 0) is 4.74 Å². The maximum atomic E-state index is 5.86. The number of ether oxygens (including phenoxy) is 1. The van der Waals surface area contributed by atoms with Gasteiger partial charge in [-0.15, -0.1) is 0 Å². The zero-order chi connectivity index (χ0) is 21.9. The van der Waals surface area contributed by atoms with E-state index in [1.807, 2.05) is 18.3 Å². The third kappa shape index (κ3) is 4.16. The van der Waals surface area contributed by atoms with Crippen LogP contribution in [0.4, 0.5) is 0 Å². The molecule has 0 bridgehead atoms. The van der Waals surface area contributed by atoms with Gasteiger partial charge in [-0.1, -0.05) is 24.3 Å². The minimum absolute atomic E-state index is 0.00912. The fourth-order valence-electron chi connectivity index (χ4n) is 4.76. The van der Waals surface area contributed by atoms with Gasteiger partial charge < -0.3 is 19.5 Å². The number of nitrogens with one attached hydrogen (secondary N) is 1. The van der Waals surface area contributed by atoms with Gasteiger partial charge in [0, 0.05) is 49.5 Å². The van der Waals surface area contributed by atoms with Crippen molar-refractivity contribution in [3.63, 3.8) is 0 Å². The number of hydrogen-bond donors (Lipinski definition) is 1. The molecule has 0 aliphatic carbocycles. The monoisotopic (exact) mass is 447 g/mol. The van der Waals surface area contributed by atoms with E-state index in [0.717, 1.165) is 55.9 Å². The first-order chi connectivity index (χ1) is 15.7. The fourth-order valence-corrected chi connectivity index (χ4v) is 5.09. The molecule has 1 aromatic carbocycles. The fraction of sp³-hybridized carbons (Fsp3) is 0.360. The van der Waals surface area contributed by atoms with Crippen molar-refractivity contribution in [1.29, 1.82) is 0 Å². The lowest BCUT2D eigenvalue weighted by Crippen LogP contribution is -2.42. The number of hydrogen-bond acceptors (Lipinski definition) is 4. The third-order valence-electron chi connectivity index (χ3n) is 6.38. The minimum atomic E-state index is -0.00912. The van der Waals surface area contributed by atoms with E-state index in [-0.39, 0.29) is 12.1 Å². The summed E-state index contributed by atoms with van der Waals surface area (Å²) in [7, 11) is 0. The quantitative estimate of drug-likeness (QED) is 0.584. The van der Waals surface area contributed by atoms with Gasteiger partial charge in [0.2, 0.25) is 0 Å². The average Bonchev–Trinajstić information content (AvgIpc) is 3.38. The van der Waals surface area contributed by atoms with E-state index in [2.05, 4.69) is 80.1 Å². The zero-order valence-electron chi connectivity index (χ0n) is 18.4. The summed E-state index contributed by atoms with van der Waals surface area (Å²) >= 11 is 5.86. The Hall–Kier alpha value is -2.74. The molecule has 7 heteroatoms. The Balaban J connectivity index is 1.52. The number of aromatic nitrogens is 2. The lowest BCUT2D eigenvalue weighted by Gasteiger charge is -2.32. The van der Waals surface area contributed by atoms with Crippen LogP contribution in [0.25, 0.3) is 5.69 Å². The molecule has 0 saturated carbocycles. The molecule has 32 heavy (non-hydrogen) atoms. The molecular formula is C25H29N5OS. The summed E-state index contributed by atoms with van der Waals surface area (Å²) in [6.07, 6.45) is 1.86. The van der Waals surface area contributed by atoms with Crippen LogP contribution in [0.3, 0.4) is 0 Å². The molecule has 0 spiro atoms. The second-order valence-electron chi connectivity index (χ2n) is 8.34. The molecule has 2 unspecified atom stereocenters. The van der Waals surface area contributed by atoms with Crippen LogP contribution in [0, 0.1) is 6.92 Å².